The maximum atomic E-state index is 13.5. The lowest BCUT2D eigenvalue weighted by atomic mass is 10.1. The van der Waals surface area contributed by atoms with Crippen molar-refractivity contribution in [2.45, 2.75) is 24.8 Å². The van der Waals surface area contributed by atoms with E-state index in [-0.39, 0.29) is 25.0 Å². The Hall–Kier alpha value is -4.41. The number of morpholine rings is 1. The van der Waals surface area contributed by atoms with E-state index in [0.717, 1.165) is 24.0 Å². The molecule has 0 radical (unpaired) electrons. The molecule has 1 saturated heterocycles. The van der Waals surface area contributed by atoms with Crippen molar-refractivity contribution in [3.8, 4) is 16.9 Å². The second-order valence-corrected chi connectivity index (χ2v) is 10.1. The summed E-state index contributed by atoms with van der Waals surface area (Å²) in [5.41, 5.74) is 2.96. The summed E-state index contributed by atoms with van der Waals surface area (Å²) in [6, 6.07) is 22.5. The highest BCUT2D eigenvalue weighted by atomic mass is 16.5. The highest BCUT2D eigenvalue weighted by Gasteiger charge is 2.54. The fraction of sp³-hybridized carbons (Fsp3) is 0.323. The lowest BCUT2D eigenvalue weighted by Gasteiger charge is -2.34. The predicted molar refractivity (Wildman–Crippen MR) is 155 cm³/mol. The highest BCUT2D eigenvalue weighted by molar-refractivity contribution is 6.07. The fourth-order valence-electron chi connectivity index (χ4n) is 4.96. The summed E-state index contributed by atoms with van der Waals surface area (Å²) in [6.07, 6.45) is 0.865. The molecule has 0 atom stereocenters. The molecule has 4 N–H and O–H groups in total. The van der Waals surface area contributed by atoms with Crippen molar-refractivity contribution in [3.63, 3.8) is 0 Å². The quantitative estimate of drug-likeness (QED) is 0.256. The third-order valence-corrected chi connectivity index (χ3v) is 7.36. The van der Waals surface area contributed by atoms with Gasteiger partial charge in [0.1, 0.15) is 11.3 Å². The van der Waals surface area contributed by atoms with Crippen molar-refractivity contribution < 1.29 is 29.0 Å². The van der Waals surface area contributed by atoms with Crippen molar-refractivity contribution in [2.75, 3.05) is 50.1 Å². The third-order valence-electron chi connectivity index (χ3n) is 7.36. The molecule has 3 amide bonds. The van der Waals surface area contributed by atoms with E-state index < -0.39 is 11.6 Å². The SMILES string of the molecule is O=C(O)NCCCOc1ccc(C(=O)Nc2ccc(-c3ccccc3)cc2)cc1NC(=O)C1(N2CCOCC2)CC1. The van der Waals surface area contributed by atoms with Gasteiger partial charge in [-0.05, 0) is 60.7 Å². The molecule has 1 aliphatic carbocycles. The van der Waals surface area contributed by atoms with Gasteiger partial charge >= 0.3 is 6.09 Å². The number of hydrogen-bond acceptors (Lipinski definition) is 6. The molecule has 0 unspecified atom stereocenters. The molecular weight excluding hydrogens is 524 g/mol. The second kappa shape index (κ2) is 12.8. The van der Waals surface area contributed by atoms with E-state index >= 15 is 0 Å². The topological polar surface area (TPSA) is 129 Å². The molecule has 1 aliphatic heterocycles. The van der Waals surface area contributed by atoms with Gasteiger partial charge in [-0.15, -0.1) is 0 Å². The van der Waals surface area contributed by atoms with Gasteiger partial charge in [0.15, 0.2) is 0 Å². The van der Waals surface area contributed by atoms with Crippen molar-refractivity contribution in [1.82, 2.24) is 10.2 Å². The van der Waals surface area contributed by atoms with E-state index in [1.807, 2.05) is 54.6 Å². The van der Waals surface area contributed by atoms with Gasteiger partial charge in [0.2, 0.25) is 5.91 Å². The zero-order valence-corrected chi connectivity index (χ0v) is 22.7. The fourth-order valence-corrected chi connectivity index (χ4v) is 4.96. The lowest BCUT2D eigenvalue weighted by molar-refractivity contribution is -0.124. The van der Waals surface area contributed by atoms with E-state index in [0.29, 0.717) is 55.4 Å². The summed E-state index contributed by atoms with van der Waals surface area (Å²) in [6.45, 7) is 3.04. The van der Waals surface area contributed by atoms with Crippen LogP contribution in [0.3, 0.4) is 0 Å². The predicted octanol–water partition coefficient (Wildman–Crippen LogP) is 4.45. The number of benzene rings is 3. The number of rotatable bonds is 11. The summed E-state index contributed by atoms with van der Waals surface area (Å²) >= 11 is 0. The molecule has 5 rings (SSSR count). The molecule has 10 nitrogen and oxygen atoms in total. The molecule has 2 fully saturated rings. The van der Waals surface area contributed by atoms with Crippen molar-refractivity contribution in [1.29, 1.82) is 0 Å². The van der Waals surface area contributed by atoms with Crippen molar-refractivity contribution in [2.24, 2.45) is 0 Å². The first kappa shape index (κ1) is 28.1. The van der Waals surface area contributed by atoms with Gasteiger partial charge in [-0.3, -0.25) is 14.5 Å². The normalized spacial score (nSPS) is 15.9. The maximum absolute atomic E-state index is 13.5. The summed E-state index contributed by atoms with van der Waals surface area (Å²) in [5.74, 6) is -0.0412. The summed E-state index contributed by atoms with van der Waals surface area (Å²) in [4.78, 5) is 39.6. The average Bonchev–Trinajstić information content (AvgIpc) is 3.81. The zero-order valence-electron chi connectivity index (χ0n) is 22.7. The van der Waals surface area contributed by atoms with Gasteiger partial charge in [0.05, 0.1) is 25.5 Å². The summed E-state index contributed by atoms with van der Waals surface area (Å²) < 4.78 is 11.4. The molecular formula is C31H34N4O6. The first-order valence-electron chi connectivity index (χ1n) is 13.8. The minimum atomic E-state index is -1.10. The molecule has 3 aromatic carbocycles. The third kappa shape index (κ3) is 7.03. The van der Waals surface area contributed by atoms with Crippen LogP contribution in [0.1, 0.15) is 29.6 Å². The first-order valence-corrected chi connectivity index (χ1v) is 13.8. The van der Waals surface area contributed by atoms with E-state index in [9.17, 15) is 14.4 Å². The van der Waals surface area contributed by atoms with Crippen LogP contribution in [0.25, 0.3) is 11.1 Å². The Kier molecular flexibility index (Phi) is 8.81. The van der Waals surface area contributed by atoms with Gasteiger partial charge < -0.3 is 30.5 Å². The Morgan fingerprint density at radius 2 is 1.61 bits per heavy atom. The largest absolute Gasteiger partial charge is 0.491 e. The number of carbonyl (C=O) groups excluding carboxylic acids is 2. The first-order chi connectivity index (χ1) is 19.9. The van der Waals surface area contributed by atoms with Gasteiger partial charge in [0, 0.05) is 30.9 Å². The monoisotopic (exact) mass is 558 g/mol. The van der Waals surface area contributed by atoms with E-state index in [4.69, 9.17) is 14.6 Å². The Balaban J connectivity index is 1.30. The zero-order chi connectivity index (χ0) is 28.7. The van der Waals surface area contributed by atoms with Gasteiger partial charge in [0.25, 0.3) is 5.91 Å². The molecule has 0 aromatic heterocycles. The number of nitrogens with zero attached hydrogens (tertiary/aromatic N) is 1. The van der Waals surface area contributed by atoms with Crippen LogP contribution < -0.4 is 20.7 Å². The minimum absolute atomic E-state index is 0.133. The number of carboxylic acid groups (broad SMARTS) is 1. The smallest absolute Gasteiger partial charge is 0.404 e. The molecule has 214 valence electrons. The van der Waals surface area contributed by atoms with Crippen LogP contribution >= 0.6 is 0 Å². The summed E-state index contributed by atoms with van der Waals surface area (Å²) in [7, 11) is 0. The molecule has 10 heteroatoms. The second-order valence-electron chi connectivity index (χ2n) is 10.1. The highest BCUT2D eigenvalue weighted by Crippen LogP contribution is 2.43. The lowest BCUT2D eigenvalue weighted by Crippen LogP contribution is -2.51. The van der Waals surface area contributed by atoms with Crippen LogP contribution in [0.4, 0.5) is 16.2 Å². The van der Waals surface area contributed by atoms with Crippen molar-refractivity contribution >= 4 is 29.3 Å². The Bertz CT molecular complexity index is 1370. The average molecular weight is 559 g/mol. The molecule has 1 heterocycles. The van der Waals surface area contributed by atoms with Gasteiger partial charge in [-0.2, -0.15) is 0 Å². The van der Waals surface area contributed by atoms with Crippen LogP contribution in [0.5, 0.6) is 5.75 Å². The number of carbonyl (C=O) groups is 3. The van der Waals surface area contributed by atoms with Crippen LogP contribution in [-0.2, 0) is 9.53 Å². The standard InChI is InChI=1S/C31H34N4O6/c36-28(33-25-10-7-23(8-11-25)22-5-2-1-3-6-22)24-9-12-27(41-18-4-15-32-30(38)39)26(21-24)34-29(37)31(13-14-31)35-16-19-40-20-17-35/h1-3,5-12,21,32H,4,13-20H2,(H,33,36)(H,34,37)(H,38,39). The Morgan fingerprint density at radius 1 is 0.902 bits per heavy atom. The van der Waals surface area contributed by atoms with Crippen LogP contribution in [0.2, 0.25) is 0 Å². The molecule has 3 aromatic rings. The van der Waals surface area contributed by atoms with E-state index in [2.05, 4.69) is 20.9 Å². The van der Waals surface area contributed by atoms with Gasteiger partial charge in [-0.1, -0.05) is 42.5 Å². The molecule has 0 spiro atoms. The Labute approximate surface area is 238 Å². The minimum Gasteiger partial charge on any atom is -0.491 e. The Morgan fingerprint density at radius 3 is 2.29 bits per heavy atom. The molecule has 2 aliphatic rings. The maximum Gasteiger partial charge on any atom is 0.404 e. The van der Waals surface area contributed by atoms with Crippen LogP contribution in [0, 0.1) is 0 Å². The molecule has 41 heavy (non-hydrogen) atoms. The van der Waals surface area contributed by atoms with E-state index in [1.54, 1.807) is 18.2 Å². The number of anilines is 2. The van der Waals surface area contributed by atoms with Gasteiger partial charge in [-0.25, -0.2) is 4.79 Å². The summed E-state index contributed by atoms with van der Waals surface area (Å²) in [5, 5.41) is 17.0. The van der Waals surface area contributed by atoms with Crippen LogP contribution in [-0.4, -0.2) is 72.9 Å². The number of amides is 3. The number of nitrogens with one attached hydrogen (secondary N) is 3. The number of ether oxygens (including phenoxy) is 2. The molecule has 0 bridgehead atoms. The van der Waals surface area contributed by atoms with Crippen molar-refractivity contribution in [3.05, 3.63) is 78.4 Å². The molecule has 1 saturated carbocycles. The van der Waals surface area contributed by atoms with E-state index in [1.165, 1.54) is 0 Å². The number of hydrogen-bond donors (Lipinski definition) is 4. The van der Waals surface area contributed by atoms with Crippen LogP contribution in [0.15, 0.2) is 72.8 Å².